The van der Waals surface area contributed by atoms with Gasteiger partial charge in [0.2, 0.25) is 5.91 Å². The zero-order chi connectivity index (χ0) is 17.6. The van der Waals surface area contributed by atoms with Crippen molar-refractivity contribution >= 4 is 28.6 Å². The van der Waals surface area contributed by atoms with E-state index < -0.39 is 0 Å². The van der Waals surface area contributed by atoms with E-state index in [1.807, 2.05) is 12.1 Å². The van der Waals surface area contributed by atoms with Crippen LogP contribution >= 0.6 is 11.8 Å². The fraction of sp³-hybridized carbons (Fsp3) is 0.500. The van der Waals surface area contributed by atoms with Gasteiger partial charge in [0.1, 0.15) is 0 Å². The molecule has 0 aliphatic heterocycles. The molecule has 7 heteroatoms. The number of aliphatic hydroxyl groups excluding tert-OH is 1. The number of nitrogens with one attached hydrogen (secondary N) is 1. The van der Waals surface area contributed by atoms with Gasteiger partial charge in [0, 0.05) is 19.2 Å². The van der Waals surface area contributed by atoms with Crippen molar-refractivity contribution in [2.75, 3.05) is 12.4 Å². The summed E-state index contributed by atoms with van der Waals surface area (Å²) in [6, 6.07) is 7.49. The molecule has 3 rings (SSSR count). The van der Waals surface area contributed by atoms with Gasteiger partial charge in [-0.15, -0.1) is 0 Å². The highest BCUT2D eigenvalue weighted by Crippen LogP contribution is 2.20. The smallest absolute Gasteiger partial charge is 0.262 e. The number of aliphatic hydroxyl groups is 1. The first kappa shape index (κ1) is 17.9. The summed E-state index contributed by atoms with van der Waals surface area (Å²) in [5.74, 6) is 0.216. The molecule has 1 saturated carbocycles. The predicted octanol–water partition coefficient (Wildman–Crippen LogP) is 1.93. The van der Waals surface area contributed by atoms with Gasteiger partial charge >= 0.3 is 0 Å². The van der Waals surface area contributed by atoms with Crippen molar-refractivity contribution in [1.82, 2.24) is 14.9 Å². The van der Waals surface area contributed by atoms with E-state index in [2.05, 4.69) is 10.3 Å². The van der Waals surface area contributed by atoms with Crippen LogP contribution in [0.15, 0.2) is 34.2 Å². The molecule has 2 aromatic rings. The minimum atomic E-state index is -0.127. The van der Waals surface area contributed by atoms with Crippen molar-refractivity contribution in [2.45, 2.75) is 49.8 Å². The first-order valence-electron chi connectivity index (χ1n) is 8.71. The zero-order valence-corrected chi connectivity index (χ0v) is 14.9. The summed E-state index contributed by atoms with van der Waals surface area (Å²) >= 11 is 1.28. The summed E-state index contributed by atoms with van der Waals surface area (Å²) in [4.78, 5) is 29.4. The van der Waals surface area contributed by atoms with Crippen LogP contribution in [-0.4, -0.2) is 39.0 Å². The molecule has 1 aliphatic rings. The van der Waals surface area contributed by atoms with Gasteiger partial charge in [0.15, 0.2) is 5.16 Å². The Labute approximate surface area is 150 Å². The fourth-order valence-corrected chi connectivity index (χ4v) is 3.99. The lowest BCUT2D eigenvalue weighted by atomic mass is 10.2. The number of rotatable bonds is 7. The lowest BCUT2D eigenvalue weighted by Gasteiger charge is -2.14. The second kappa shape index (κ2) is 8.49. The number of aromatic nitrogens is 2. The van der Waals surface area contributed by atoms with Crippen LogP contribution in [0.25, 0.3) is 10.9 Å². The monoisotopic (exact) mass is 361 g/mol. The summed E-state index contributed by atoms with van der Waals surface area (Å²) in [7, 11) is 0. The second-order valence-electron chi connectivity index (χ2n) is 6.28. The number of nitrogens with zero attached hydrogens (tertiary/aromatic N) is 2. The van der Waals surface area contributed by atoms with Crippen molar-refractivity contribution in [1.29, 1.82) is 0 Å². The molecule has 1 aromatic heterocycles. The highest BCUT2D eigenvalue weighted by Gasteiger charge is 2.18. The molecule has 1 amide bonds. The number of benzene rings is 1. The van der Waals surface area contributed by atoms with Crippen molar-refractivity contribution in [3.63, 3.8) is 0 Å². The van der Waals surface area contributed by atoms with Crippen molar-refractivity contribution in [2.24, 2.45) is 0 Å². The SMILES string of the molecule is O=C(CSc1nc2ccccc2c(=O)n1CCCO)NC1CCCC1. The predicted molar refractivity (Wildman–Crippen MR) is 98.8 cm³/mol. The van der Waals surface area contributed by atoms with Crippen molar-refractivity contribution in [3.05, 3.63) is 34.6 Å². The van der Waals surface area contributed by atoms with Gasteiger partial charge in [-0.05, 0) is 31.4 Å². The molecule has 0 radical (unpaired) electrons. The van der Waals surface area contributed by atoms with E-state index in [4.69, 9.17) is 5.11 Å². The van der Waals surface area contributed by atoms with Crippen LogP contribution < -0.4 is 10.9 Å². The summed E-state index contributed by atoms with van der Waals surface area (Å²) in [6.07, 6.45) is 4.91. The first-order chi connectivity index (χ1) is 12.2. The Hall–Kier alpha value is -1.86. The highest BCUT2D eigenvalue weighted by atomic mass is 32.2. The lowest BCUT2D eigenvalue weighted by molar-refractivity contribution is -0.119. The number of para-hydroxylation sites is 1. The Balaban J connectivity index is 1.78. The molecule has 6 nitrogen and oxygen atoms in total. The summed E-state index contributed by atoms with van der Waals surface area (Å²) in [5.41, 5.74) is 0.504. The van der Waals surface area contributed by atoms with E-state index in [1.165, 1.54) is 24.6 Å². The third-order valence-corrected chi connectivity index (χ3v) is 5.40. The first-order valence-corrected chi connectivity index (χ1v) is 9.70. The molecule has 1 fully saturated rings. The standard InChI is InChI=1S/C18H23N3O3S/c22-11-5-10-21-17(24)14-8-3-4-9-15(14)20-18(21)25-12-16(23)19-13-6-1-2-7-13/h3-4,8-9,13,22H,1-2,5-7,10-12H2,(H,19,23). The van der Waals surface area contributed by atoms with Gasteiger partial charge in [-0.25, -0.2) is 4.98 Å². The van der Waals surface area contributed by atoms with Gasteiger partial charge < -0.3 is 10.4 Å². The van der Waals surface area contributed by atoms with Crippen LogP contribution in [-0.2, 0) is 11.3 Å². The summed E-state index contributed by atoms with van der Waals surface area (Å²) in [6.45, 7) is 0.394. The topological polar surface area (TPSA) is 84.2 Å². The maximum Gasteiger partial charge on any atom is 0.262 e. The van der Waals surface area contributed by atoms with Gasteiger partial charge in [-0.1, -0.05) is 36.7 Å². The van der Waals surface area contributed by atoms with Crippen LogP contribution in [0, 0.1) is 0 Å². The average molecular weight is 361 g/mol. The molecule has 1 aromatic carbocycles. The Morgan fingerprint density at radius 3 is 2.84 bits per heavy atom. The molecule has 0 atom stereocenters. The van der Waals surface area contributed by atoms with E-state index in [0.29, 0.717) is 29.0 Å². The minimum absolute atomic E-state index is 0.00550. The molecule has 134 valence electrons. The van der Waals surface area contributed by atoms with E-state index in [9.17, 15) is 9.59 Å². The second-order valence-corrected chi connectivity index (χ2v) is 7.23. The number of hydrogen-bond donors (Lipinski definition) is 2. The number of hydrogen-bond acceptors (Lipinski definition) is 5. The summed E-state index contributed by atoms with van der Waals surface area (Å²) < 4.78 is 1.56. The molecule has 0 unspecified atom stereocenters. The Kier molecular flexibility index (Phi) is 6.09. The highest BCUT2D eigenvalue weighted by molar-refractivity contribution is 7.99. The molecular weight excluding hydrogens is 338 g/mol. The molecule has 1 aliphatic carbocycles. The number of fused-ring (bicyclic) bond motifs is 1. The zero-order valence-electron chi connectivity index (χ0n) is 14.1. The van der Waals surface area contributed by atoms with E-state index in [-0.39, 0.29) is 29.9 Å². The van der Waals surface area contributed by atoms with Crippen LogP contribution in [0.3, 0.4) is 0 Å². The molecule has 0 saturated heterocycles. The van der Waals surface area contributed by atoms with Crippen LogP contribution in [0.1, 0.15) is 32.1 Å². The summed E-state index contributed by atoms with van der Waals surface area (Å²) in [5, 5.41) is 13.2. The van der Waals surface area contributed by atoms with Gasteiger partial charge in [-0.3, -0.25) is 14.2 Å². The lowest BCUT2D eigenvalue weighted by Crippen LogP contribution is -2.34. The number of amides is 1. The Morgan fingerprint density at radius 1 is 1.32 bits per heavy atom. The quantitative estimate of drug-likeness (QED) is 0.581. The third-order valence-electron chi connectivity index (χ3n) is 4.42. The van der Waals surface area contributed by atoms with Crippen LogP contribution in [0.5, 0.6) is 0 Å². The Bertz CT molecular complexity index is 800. The largest absolute Gasteiger partial charge is 0.396 e. The van der Waals surface area contributed by atoms with Crippen LogP contribution in [0.4, 0.5) is 0 Å². The van der Waals surface area contributed by atoms with Crippen molar-refractivity contribution < 1.29 is 9.90 Å². The third kappa shape index (κ3) is 4.41. The molecule has 1 heterocycles. The fourth-order valence-electron chi connectivity index (χ4n) is 3.15. The van der Waals surface area contributed by atoms with E-state index in [1.54, 1.807) is 16.7 Å². The average Bonchev–Trinajstić information content (AvgIpc) is 3.12. The maximum atomic E-state index is 12.7. The van der Waals surface area contributed by atoms with Crippen LogP contribution in [0.2, 0.25) is 0 Å². The van der Waals surface area contributed by atoms with E-state index >= 15 is 0 Å². The Morgan fingerprint density at radius 2 is 2.08 bits per heavy atom. The molecular formula is C18H23N3O3S. The molecule has 0 spiro atoms. The number of thioether (sulfide) groups is 1. The minimum Gasteiger partial charge on any atom is -0.396 e. The molecule has 2 N–H and O–H groups in total. The van der Waals surface area contributed by atoms with Gasteiger partial charge in [-0.2, -0.15) is 0 Å². The number of carbonyl (C=O) groups excluding carboxylic acids is 1. The van der Waals surface area contributed by atoms with Gasteiger partial charge in [0.05, 0.1) is 16.7 Å². The molecule has 0 bridgehead atoms. The van der Waals surface area contributed by atoms with E-state index in [0.717, 1.165) is 12.8 Å². The normalized spacial score (nSPS) is 14.9. The van der Waals surface area contributed by atoms with Gasteiger partial charge in [0.25, 0.3) is 5.56 Å². The number of carbonyl (C=O) groups is 1. The molecule has 25 heavy (non-hydrogen) atoms. The maximum absolute atomic E-state index is 12.7. The van der Waals surface area contributed by atoms with Crippen molar-refractivity contribution in [3.8, 4) is 0 Å².